The average Bonchev–Trinajstić information content (AvgIpc) is 1.99. The van der Waals surface area contributed by atoms with Crippen molar-refractivity contribution >= 4 is 22.6 Å². The number of nitrogens with zero attached hydrogens (tertiary/aromatic N) is 1. The van der Waals surface area contributed by atoms with Gasteiger partial charge in [-0.1, -0.05) is 0 Å². The van der Waals surface area contributed by atoms with E-state index >= 15 is 0 Å². The highest BCUT2D eigenvalue weighted by Crippen LogP contribution is 2.04. The number of benzene rings is 1. The minimum absolute atomic E-state index is 0.245. The fourth-order valence-electron chi connectivity index (χ4n) is 0.430. The molecule has 1 rings (SSSR count). The molecule has 0 aliphatic rings. The smallest absolute Gasteiger partial charge is 0.0991 e. The molecule has 0 fully saturated rings. The topological polar surface area (TPSA) is 23.8 Å². The summed E-state index contributed by atoms with van der Waals surface area (Å²) < 4.78 is 15.2. The Kier molecular flexibility index (Phi) is 1.35. The third-order valence-electron chi connectivity index (χ3n) is 0.838. The maximum Gasteiger partial charge on any atom is 0.0991 e. The molecule has 1 nitrogen and oxygen atoms in total. The lowest BCUT2D eigenvalue weighted by atomic mass is 10.2. The quantitative estimate of drug-likeness (QED) is 0.627. The second-order valence-corrected chi connectivity index (χ2v) is 2.54. The van der Waals surface area contributed by atoms with Crippen molar-refractivity contribution in [3.63, 3.8) is 0 Å². The summed E-state index contributed by atoms with van der Waals surface area (Å²) in [5, 5.41) is 8.46. The molecular formula is C7H4IN. The van der Waals surface area contributed by atoms with E-state index in [1.54, 1.807) is 0 Å². The van der Waals surface area contributed by atoms with Crippen LogP contribution in [0, 0.1) is 14.9 Å². The molecule has 0 aliphatic heterocycles. The zero-order chi connectivity index (χ0) is 8.43. The predicted molar refractivity (Wildman–Crippen MR) is 43.9 cm³/mol. The lowest BCUT2D eigenvalue weighted by molar-refractivity contribution is 1.48. The summed E-state index contributed by atoms with van der Waals surface area (Å²) in [7, 11) is 0. The van der Waals surface area contributed by atoms with Crippen molar-refractivity contribution in [2.75, 3.05) is 0 Å². The van der Waals surface area contributed by atoms with Gasteiger partial charge in [-0.2, -0.15) is 5.26 Å². The normalized spacial score (nSPS) is 11.6. The van der Waals surface area contributed by atoms with Crippen molar-refractivity contribution in [1.29, 1.82) is 5.26 Å². The van der Waals surface area contributed by atoms with Crippen LogP contribution < -0.4 is 0 Å². The number of hydrogen-bond donors (Lipinski definition) is 0. The third-order valence-corrected chi connectivity index (χ3v) is 1.46. The van der Waals surface area contributed by atoms with Gasteiger partial charge in [0.2, 0.25) is 0 Å². The first kappa shape index (κ1) is 4.29. The van der Waals surface area contributed by atoms with E-state index in [4.69, 9.17) is 8.00 Å². The van der Waals surface area contributed by atoms with Crippen molar-refractivity contribution in [3.8, 4) is 6.07 Å². The Bertz CT molecular complexity index is 307. The first-order valence-electron chi connectivity index (χ1n) is 3.32. The Morgan fingerprint density at radius 2 is 2.11 bits per heavy atom. The Morgan fingerprint density at radius 1 is 1.56 bits per heavy atom. The monoisotopic (exact) mass is 231 g/mol. The van der Waals surface area contributed by atoms with Crippen LogP contribution in [0.25, 0.3) is 0 Å². The maximum atomic E-state index is 8.46. The minimum atomic E-state index is 0.245. The van der Waals surface area contributed by atoms with Crippen LogP contribution in [0.3, 0.4) is 0 Å². The molecule has 0 amide bonds. The molecule has 0 atom stereocenters. The van der Waals surface area contributed by atoms with Gasteiger partial charge in [-0.05, 0) is 46.8 Å². The van der Waals surface area contributed by atoms with E-state index < -0.39 is 0 Å². The lowest BCUT2D eigenvalue weighted by Gasteiger charge is -1.86. The molecule has 0 N–H and O–H groups in total. The molecule has 0 radical (unpaired) electrons. The molecule has 2 heteroatoms. The Labute approximate surface area is 70.3 Å². The van der Waals surface area contributed by atoms with Gasteiger partial charge in [0.25, 0.3) is 0 Å². The molecule has 0 unspecified atom stereocenters. The van der Waals surface area contributed by atoms with Crippen LogP contribution in [0.1, 0.15) is 8.30 Å². The van der Waals surface area contributed by atoms with Gasteiger partial charge in [0.15, 0.2) is 0 Å². The first-order valence-corrected chi connectivity index (χ1v) is 3.40. The van der Waals surface area contributed by atoms with Crippen LogP contribution in [0.15, 0.2) is 24.2 Å². The zero-order valence-electron chi connectivity index (χ0n) is 6.48. The lowest BCUT2D eigenvalue weighted by Crippen LogP contribution is -1.72. The van der Waals surface area contributed by atoms with E-state index in [-0.39, 0.29) is 12.1 Å². The van der Waals surface area contributed by atoms with Crippen LogP contribution in [0.4, 0.5) is 0 Å². The molecule has 44 valence electrons. The van der Waals surface area contributed by atoms with Crippen molar-refractivity contribution in [2.24, 2.45) is 0 Å². The molecule has 0 bridgehead atoms. The Morgan fingerprint density at radius 3 is 2.56 bits per heavy atom. The largest absolute Gasteiger partial charge is 0.192 e. The van der Waals surface area contributed by atoms with Crippen LogP contribution in [-0.4, -0.2) is 0 Å². The van der Waals surface area contributed by atoms with Crippen molar-refractivity contribution in [2.45, 2.75) is 0 Å². The molecule has 1 aromatic carbocycles. The highest BCUT2D eigenvalue weighted by molar-refractivity contribution is 14.1. The number of nitriles is 1. The number of rotatable bonds is 0. The van der Waals surface area contributed by atoms with Gasteiger partial charge in [-0.15, -0.1) is 0 Å². The van der Waals surface area contributed by atoms with Gasteiger partial charge >= 0.3 is 0 Å². The zero-order valence-corrected chi connectivity index (χ0v) is 6.64. The number of halogens is 1. The molecule has 0 heterocycles. The fraction of sp³-hybridized carbons (Fsp3) is 0. The van der Waals surface area contributed by atoms with Crippen LogP contribution in [0.5, 0.6) is 0 Å². The molecule has 0 saturated heterocycles. The number of hydrogen-bond acceptors (Lipinski definition) is 1. The summed E-state index contributed by atoms with van der Waals surface area (Å²) in [4.78, 5) is 0. The average molecular weight is 231 g/mol. The van der Waals surface area contributed by atoms with E-state index in [0.29, 0.717) is 9.13 Å². The second kappa shape index (κ2) is 2.83. The second-order valence-electron chi connectivity index (χ2n) is 1.46. The van der Waals surface area contributed by atoms with Crippen LogP contribution in [-0.2, 0) is 0 Å². The summed E-state index contributed by atoms with van der Waals surface area (Å²) in [5.41, 5.74) is 0.375. The highest BCUT2D eigenvalue weighted by atomic mass is 127. The maximum absolute atomic E-state index is 8.46. The molecule has 0 aromatic heterocycles. The summed E-state index contributed by atoms with van der Waals surface area (Å²) in [5.74, 6) is 0. The molecular weight excluding hydrogens is 225 g/mol. The molecule has 0 saturated carbocycles. The molecule has 1 aromatic rings. The van der Waals surface area contributed by atoms with Gasteiger partial charge < -0.3 is 0 Å². The van der Waals surface area contributed by atoms with Crippen molar-refractivity contribution in [3.05, 3.63) is 33.4 Å². The summed E-state index contributed by atoms with van der Waals surface area (Å²) in [6.45, 7) is 0. The van der Waals surface area contributed by atoms with Gasteiger partial charge in [-0.3, -0.25) is 0 Å². The SMILES string of the molecule is [2H]c1cc(C#N)cc([2H])c1I. The Balaban J connectivity index is 3.35. The van der Waals surface area contributed by atoms with Gasteiger partial charge in [0.05, 0.1) is 14.4 Å². The summed E-state index contributed by atoms with van der Waals surface area (Å²) in [6, 6.07) is 5.30. The first-order chi connectivity index (χ1) is 5.15. The summed E-state index contributed by atoms with van der Waals surface area (Å²) in [6.07, 6.45) is 0. The van der Waals surface area contributed by atoms with Gasteiger partial charge in [-0.25, -0.2) is 0 Å². The Hall–Kier alpha value is -0.560. The highest BCUT2D eigenvalue weighted by Gasteiger charge is 1.86. The minimum Gasteiger partial charge on any atom is -0.192 e. The van der Waals surface area contributed by atoms with E-state index in [9.17, 15) is 0 Å². The molecule has 0 aliphatic carbocycles. The van der Waals surface area contributed by atoms with E-state index in [0.717, 1.165) is 0 Å². The van der Waals surface area contributed by atoms with E-state index in [2.05, 4.69) is 0 Å². The molecule has 0 spiro atoms. The predicted octanol–water partition coefficient (Wildman–Crippen LogP) is 2.16. The fourth-order valence-corrected chi connectivity index (χ4v) is 0.742. The third kappa shape index (κ3) is 1.68. The van der Waals surface area contributed by atoms with Crippen molar-refractivity contribution in [1.82, 2.24) is 0 Å². The van der Waals surface area contributed by atoms with Gasteiger partial charge in [0.1, 0.15) is 0 Å². The summed E-state index contributed by atoms with van der Waals surface area (Å²) >= 11 is 1.92. The standard InChI is InChI=1S/C7H4IN/c8-7-3-1-6(5-9)2-4-7/h1-4H/i3D,4D. The van der Waals surface area contributed by atoms with Crippen molar-refractivity contribution < 1.29 is 2.74 Å². The van der Waals surface area contributed by atoms with Crippen LogP contribution in [0.2, 0.25) is 0 Å². The molecule has 9 heavy (non-hydrogen) atoms. The van der Waals surface area contributed by atoms with Crippen LogP contribution >= 0.6 is 22.6 Å². The van der Waals surface area contributed by atoms with E-state index in [1.165, 1.54) is 12.1 Å². The van der Waals surface area contributed by atoms with Gasteiger partial charge in [0, 0.05) is 3.57 Å². The van der Waals surface area contributed by atoms with E-state index in [1.807, 2.05) is 28.7 Å².